The van der Waals surface area contributed by atoms with Crippen LogP contribution in [0, 0.1) is 30.5 Å². The van der Waals surface area contributed by atoms with Gasteiger partial charge in [-0.25, -0.2) is 19.3 Å². The Morgan fingerprint density at radius 1 is 1.21 bits per heavy atom. The van der Waals surface area contributed by atoms with Crippen molar-refractivity contribution in [2.75, 3.05) is 31.1 Å². The van der Waals surface area contributed by atoms with Gasteiger partial charge in [-0.15, -0.1) is 0 Å². The molecule has 6 rings (SSSR count). The molecule has 2 atom stereocenters. The molecule has 2 aliphatic heterocycles. The predicted octanol–water partition coefficient (Wildman–Crippen LogP) is 5.01. The van der Waals surface area contributed by atoms with E-state index in [-0.39, 0.29) is 12.3 Å². The van der Waals surface area contributed by atoms with E-state index in [0.717, 1.165) is 61.6 Å². The van der Waals surface area contributed by atoms with Crippen LogP contribution < -0.4 is 9.64 Å². The maximum atomic E-state index is 14.8. The minimum absolute atomic E-state index is 0.0152. The number of amides is 1. The topological polar surface area (TPSA) is 84.6 Å². The maximum absolute atomic E-state index is 14.8. The van der Waals surface area contributed by atoms with E-state index in [2.05, 4.69) is 19.9 Å². The van der Waals surface area contributed by atoms with Crippen LogP contribution in [0.5, 0.6) is 5.75 Å². The first kappa shape index (κ1) is 26.0. The number of hydrogen-bond acceptors (Lipinski definition) is 7. The fourth-order valence-corrected chi connectivity index (χ4v) is 6.18. The first-order valence-corrected chi connectivity index (χ1v) is 14.2. The van der Waals surface area contributed by atoms with Gasteiger partial charge in [0.2, 0.25) is 11.9 Å². The number of ether oxygens (including phenoxy) is 1. The van der Waals surface area contributed by atoms with E-state index in [4.69, 9.17) is 20.8 Å². The van der Waals surface area contributed by atoms with Gasteiger partial charge in [-0.1, -0.05) is 17.7 Å². The Morgan fingerprint density at radius 3 is 2.77 bits per heavy atom. The van der Waals surface area contributed by atoms with Crippen molar-refractivity contribution in [1.82, 2.24) is 19.9 Å². The number of piperidine rings is 1. The standard InChI is InChI=1S/C29H33ClFN5O3/c1-18-34-26-6-10-36(17-27(26)39-18)28(37)13-21-2-3-23(14-25(21)31)38-11-7-20-12-24(20)19-4-8-35(9-5-19)29-32-15-22(30)16-33-29/h2-3,14-16,19-20,24H,4-13,17H2,1H3/t20-,24-/m1/s1. The van der Waals surface area contributed by atoms with Gasteiger partial charge in [0.1, 0.15) is 17.3 Å². The average Bonchev–Trinajstić information content (AvgIpc) is 3.61. The number of anilines is 1. The number of halogens is 2. The quantitative estimate of drug-likeness (QED) is 0.387. The molecule has 2 fully saturated rings. The van der Waals surface area contributed by atoms with Crippen LogP contribution in [-0.4, -0.2) is 52.0 Å². The van der Waals surface area contributed by atoms with E-state index in [1.807, 2.05) is 0 Å². The number of rotatable bonds is 8. The van der Waals surface area contributed by atoms with Crippen LogP contribution in [0.2, 0.25) is 5.02 Å². The number of nitrogens with zero attached hydrogens (tertiary/aromatic N) is 5. The first-order valence-electron chi connectivity index (χ1n) is 13.8. The van der Waals surface area contributed by atoms with Crippen LogP contribution >= 0.6 is 11.6 Å². The Morgan fingerprint density at radius 2 is 2.00 bits per heavy atom. The summed E-state index contributed by atoms with van der Waals surface area (Å²) in [4.78, 5) is 29.8. The van der Waals surface area contributed by atoms with E-state index < -0.39 is 5.82 Å². The molecule has 206 valence electrons. The van der Waals surface area contributed by atoms with Gasteiger partial charge < -0.3 is 19.0 Å². The second-order valence-corrected chi connectivity index (χ2v) is 11.4. The SMILES string of the molecule is Cc1nc2c(o1)CN(C(=O)Cc1ccc(OCC[C@@H]3C[C@@H]3C3CCN(c4ncc(Cl)cn4)CC3)cc1F)CC2. The molecular weight excluding hydrogens is 521 g/mol. The van der Waals surface area contributed by atoms with Gasteiger partial charge in [-0.3, -0.25) is 4.79 Å². The van der Waals surface area contributed by atoms with Gasteiger partial charge in [0.25, 0.3) is 0 Å². The second-order valence-electron chi connectivity index (χ2n) is 10.9. The van der Waals surface area contributed by atoms with Crippen molar-refractivity contribution >= 4 is 23.5 Å². The van der Waals surface area contributed by atoms with Gasteiger partial charge in [-0.05, 0) is 55.1 Å². The highest BCUT2D eigenvalue weighted by Gasteiger charge is 2.43. The molecule has 0 bridgehead atoms. The number of fused-ring (bicyclic) bond motifs is 1. The lowest BCUT2D eigenvalue weighted by Gasteiger charge is -2.32. The summed E-state index contributed by atoms with van der Waals surface area (Å²) in [6.45, 7) is 5.27. The van der Waals surface area contributed by atoms with Gasteiger partial charge >= 0.3 is 0 Å². The maximum Gasteiger partial charge on any atom is 0.227 e. The molecule has 0 radical (unpaired) electrons. The van der Waals surface area contributed by atoms with E-state index in [0.29, 0.717) is 54.3 Å². The number of benzene rings is 1. The molecule has 4 heterocycles. The van der Waals surface area contributed by atoms with Crippen LogP contribution in [0.1, 0.15) is 48.6 Å². The number of carbonyl (C=O) groups excluding carboxylic acids is 1. The Labute approximate surface area is 232 Å². The number of hydrogen-bond donors (Lipinski definition) is 0. The molecule has 2 aromatic heterocycles. The van der Waals surface area contributed by atoms with Crippen molar-refractivity contribution in [2.24, 2.45) is 17.8 Å². The van der Waals surface area contributed by atoms with E-state index in [1.165, 1.54) is 12.5 Å². The molecule has 39 heavy (non-hydrogen) atoms. The van der Waals surface area contributed by atoms with Crippen LogP contribution in [0.4, 0.5) is 10.3 Å². The van der Waals surface area contributed by atoms with Crippen molar-refractivity contribution in [3.63, 3.8) is 0 Å². The summed E-state index contributed by atoms with van der Waals surface area (Å²) in [6.07, 6.45) is 8.49. The Kier molecular flexibility index (Phi) is 7.42. The minimum atomic E-state index is -0.408. The number of oxazole rings is 1. The molecule has 10 heteroatoms. The van der Waals surface area contributed by atoms with Crippen molar-refractivity contribution in [1.29, 1.82) is 0 Å². The Hall–Kier alpha value is -3.20. The van der Waals surface area contributed by atoms with Gasteiger partial charge in [0.15, 0.2) is 5.89 Å². The lowest BCUT2D eigenvalue weighted by Crippen LogP contribution is -2.36. The summed E-state index contributed by atoms with van der Waals surface area (Å²) in [5, 5.41) is 0.556. The lowest BCUT2D eigenvalue weighted by atomic mass is 9.90. The van der Waals surface area contributed by atoms with E-state index in [9.17, 15) is 9.18 Å². The first-order chi connectivity index (χ1) is 18.9. The second kappa shape index (κ2) is 11.1. The van der Waals surface area contributed by atoms with Crippen molar-refractivity contribution in [3.05, 3.63) is 64.3 Å². The third kappa shape index (κ3) is 6.03. The zero-order chi connectivity index (χ0) is 26.9. The van der Waals surface area contributed by atoms with Crippen LogP contribution in [0.15, 0.2) is 35.0 Å². The van der Waals surface area contributed by atoms with Gasteiger partial charge in [-0.2, -0.15) is 0 Å². The third-order valence-corrected chi connectivity index (χ3v) is 8.52. The summed E-state index contributed by atoms with van der Waals surface area (Å²) >= 11 is 5.90. The molecular formula is C29H33ClFN5O3. The van der Waals surface area contributed by atoms with Crippen molar-refractivity contribution in [2.45, 2.75) is 52.0 Å². The Bertz CT molecular complexity index is 1320. The highest BCUT2D eigenvalue weighted by Crippen LogP contribution is 2.49. The Balaban J connectivity index is 0.924. The molecule has 1 amide bonds. The summed E-state index contributed by atoms with van der Waals surface area (Å²) < 4.78 is 26.3. The van der Waals surface area contributed by atoms with Crippen molar-refractivity contribution < 1.29 is 18.3 Å². The molecule has 1 saturated carbocycles. The monoisotopic (exact) mass is 553 g/mol. The van der Waals surface area contributed by atoms with Gasteiger partial charge in [0.05, 0.1) is 42.7 Å². The third-order valence-electron chi connectivity index (χ3n) is 8.33. The van der Waals surface area contributed by atoms with Crippen LogP contribution in [0.25, 0.3) is 0 Å². The average molecular weight is 554 g/mol. The number of aromatic nitrogens is 3. The lowest BCUT2D eigenvalue weighted by molar-refractivity contribution is -0.131. The van der Waals surface area contributed by atoms with E-state index in [1.54, 1.807) is 36.4 Å². The summed E-state index contributed by atoms with van der Waals surface area (Å²) in [5.41, 5.74) is 1.29. The summed E-state index contributed by atoms with van der Waals surface area (Å²) in [6, 6.07) is 4.82. The normalized spacial score (nSPS) is 21.1. The van der Waals surface area contributed by atoms with Crippen LogP contribution in [0.3, 0.4) is 0 Å². The zero-order valence-corrected chi connectivity index (χ0v) is 22.9. The van der Waals surface area contributed by atoms with Gasteiger partial charge in [0, 0.05) is 39.0 Å². The molecule has 3 aromatic rings. The molecule has 0 unspecified atom stereocenters. The zero-order valence-electron chi connectivity index (χ0n) is 22.1. The molecule has 0 spiro atoms. The summed E-state index contributed by atoms with van der Waals surface area (Å²) in [7, 11) is 0. The molecule has 3 aliphatic rings. The van der Waals surface area contributed by atoms with E-state index >= 15 is 0 Å². The molecule has 1 aromatic carbocycles. The fraction of sp³-hybridized carbons (Fsp3) is 0.517. The largest absolute Gasteiger partial charge is 0.493 e. The number of carbonyl (C=O) groups is 1. The summed E-state index contributed by atoms with van der Waals surface area (Å²) in [5.74, 6) is 4.24. The minimum Gasteiger partial charge on any atom is -0.493 e. The number of aryl methyl sites for hydroxylation is 1. The highest BCUT2D eigenvalue weighted by atomic mass is 35.5. The molecule has 1 saturated heterocycles. The van der Waals surface area contributed by atoms with Crippen molar-refractivity contribution in [3.8, 4) is 5.75 Å². The fourth-order valence-electron chi connectivity index (χ4n) is 6.08. The highest BCUT2D eigenvalue weighted by molar-refractivity contribution is 6.30. The molecule has 1 aliphatic carbocycles. The molecule has 0 N–H and O–H groups in total. The predicted molar refractivity (Wildman–Crippen MR) is 144 cm³/mol. The molecule has 8 nitrogen and oxygen atoms in total. The smallest absolute Gasteiger partial charge is 0.227 e. The van der Waals surface area contributed by atoms with Crippen LogP contribution in [-0.2, 0) is 24.2 Å².